The van der Waals surface area contributed by atoms with E-state index in [1.807, 2.05) is 54.7 Å². The minimum Gasteiger partial charge on any atom is -0.465 e. The Morgan fingerprint density at radius 3 is 1.68 bits per heavy atom. The van der Waals surface area contributed by atoms with Crippen LogP contribution in [0.2, 0.25) is 0 Å². The number of nitrogens with zero attached hydrogens (tertiary/aromatic N) is 4. The summed E-state index contributed by atoms with van der Waals surface area (Å²) in [5.74, 6) is 6.45. The molecule has 6 rings (SSSR count). The highest BCUT2D eigenvalue weighted by Gasteiger charge is 2.37. The lowest BCUT2D eigenvalue weighted by atomic mass is 10.0. The molecule has 57 heavy (non-hydrogen) atoms. The molecular formula is C41H48N8O8. The molecule has 0 radical (unpaired) electrons. The molecule has 2 aliphatic heterocycles. The van der Waals surface area contributed by atoms with Gasteiger partial charge in [-0.1, -0.05) is 56.9 Å². The predicted molar refractivity (Wildman–Crippen MR) is 209 cm³/mol. The SMILES string of the molecule is COC(=O)N[C@@H](C)[C@H](C)C(=O)N1CCOCC1c1nc(-c2ccc(C#Cc3ccc(-c4c[nH]c([C@H]5COCCN5C(=O)[C@@H](NC(=O)O)C(C)C)n4)cc3)cc2)c[nH]1. The van der Waals surface area contributed by atoms with E-state index >= 15 is 0 Å². The molecule has 1 unspecified atom stereocenters. The van der Waals surface area contributed by atoms with Gasteiger partial charge in [0.15, 0.2) is 0 Å². The van der Waals surface area contributed by atoms with E-state index in [2.05, 4.69) is 37.2 Å². The Labute approximate surface area is 330 Å². The third-order valence-electron chi connectivity index (χ3n) is 10.2. The second-order valence-corrected chi connectivity index (χ2v) is 14.4. The summed E-state index contributed by atoms with van der Waals surface area (Å²) in [6.07, 6.45) is 1.75. The third kappa shape index (κ3) is 9.62. The molecular weight excluding hydrogens is 732 g/mol. The first kappa shape index (κ1) is 40.5. The van der Waals surface area contributed by atoms with Crippen molar-refractivity contribution in [2.45, 2.75) is 51.9 Å². The van der Waals surface area contributed by atoms with Crippen LogP contribution in [0.4, 0.5) is 9.59 Å². The number of carbonyl (C=O) groups is 4. The van der Waals surface area contributed by atoms with E-state index in [1.54, 1.807) is 43.7 Å². The van der Waals surface area contributed by atoms with Gasteiger partial charge in [-0.05, 0) is 37.1 Å². The summed E-state index contributed by atoms with van der Waals surface area (Å²) in [7, 11) is 1.29. The van der Waals surface area contributed by atoms with Crippen LogP contribution >= 0.6 is 0 Å². The Hall–Kier alpha value is -6.18. The number of H-pyrrole nitrogens is 2. The van der Waals surface area contributed by atoms with Crippen molar-refractivity contribution < 1.29 is 38.5 Å². The first-order valence-electron chi connectivity index (χ1n) is 18.9. The Morgan fingerprint density at radius 1 is 0.772 bits per heavy atom. The van der Waals surface area contributed by atoms with Crippen LogP contribution in [0.5, 0.6) is 0 Å². The van der Waals surface area contributed by atoms with Crippen LogP contribution in [0.25, 0.3) is 22.5 Å². The number of nitrogens with one attached hydrogen (secondary N) is 4. The van der Waals surface area contributed by atoms with Gasteiger partial charge in [0.25, 0.3) is 0 Å². The van der Waals surface area contributed by atoms with Crippen LogP contribution in [0.1, 0.15) is 62.6 Å². The summed E-state index contributed by atoms with van der Waals surface area (Å²) in [4.78, 5) is 69.4. The lowest BCUT2D eigenvalue weighted by molar-refractivity contribution is -0.145. The summed E-state index contributed by atoms with van der Waals surface area (Å²) < 4.78 is 16.1. The van der Waals surface area contributed by atoms with Crippen molar-refractivity contribution in [2.75, 3.05) is 46.6 Å². The predicted octanol–water partition coefficient (Wildman–Crippen LogP) is 4.34. The highest BCUT2D eigenvalue weighted by atomic mass is 16.5. The van der Waals surface area contributed by atoms with Gasteiger partial charge < -0.3 is 49.7 Å². The van der Waals surface area contributed by atoms with Crippen LogP contribution < -0.4 is 10.6 Å². The number of aromatic nitrogens is 4. The molecule has 2 saturated heterocycles. The first-order valence-corrected chi connectivity index (χ1v) is 18.9. The molecule has 4 heterocycles. The number of hydrogen-bond acceptors (Lipinski definition) is 9. The molecule has 2 aromatic heterocycles. The Kier molecular flexibility index (Phi) is 12.9. The van der Waals surface area contributed by atoms with Crippen molar-refractivity contribution in [3.05, 3.63) is 83.7 Å². The van der Waals surface area contributed by atoms with Crippen molar-refractivity contribution in [1.29, 1.82) is 0 Å². The van der Waals surface area contributed by atoms with Gasteiger partial charge in [0, 0.05) is 53.8 Å². The molecule has 300 valence electrons. The second kappa shape index (κ2) is 18.2. The van der Waals surface area contributed by atoms with Crippen LogP contribution in [0, 0.1) is 23.7 Å². The first-order chi connectivity index (χ1) is 27.4. The number of carbonyl (C=O) groups excluding carboxylic acids is 3. The highest BCUT2D eigenvalue weighted by Crippen LogP contribution is 2.29. The minimum absolute atomic E-state index is 0.112. The minimum atomic E-state index is -1.25. The second-order valence-electron chi connectivity index (χ2n) is 14.4. The zero-order valence-corrected chi connectivity index (χ0v) is 32.6. The average Bonchev–Trinajstić information content (AvgIpc) is 3.93. The van der Waals surface area contributed by atoms with Crippen LogP contribution in [-0.4, -0.2) is 118 Å². The molecule has 16 nitrogen and oxygen atoms in total. The molecule has 4 amide bonds. The molecule has 5 atom stereocenters. The molecule has 0 spiro atoms. The number of methoxy groups -OCH3 is 1. The van der Waals surface area contributed by atoms with E-state index in [0.717, 1.165) is 27.9 Å². The molecule has 2 fully saturated rings. The van der Waals surface area contributed by atoms with Gasteiger partial charge in [-0.15, -0.1) is 0 Å². The van der Waals surface area contributed by atoms with Crippen LogP contribution in [-0.2, 0) is 23.8 Å². The number of hydrogen-bond donors (Lipinski definition) is 5. The molecule has 2 aliphatic rings. The fraction of sp³-hybridized carbons (Fsp3) is 0.415. The fourth-order valence-corrected chi connectivity index (χ4v) is 6.76. The number of imidazole rings is 2. The van der Waals surface area contributed by atoms with E-state index < -0.39 is 42.3 Å². The normalized spacial score (nSPS) is 18.5. The van der Waals surface area contributed by atoms with Gasteiger partial charge >= 0.3 is 12.2 Å². The van der Waals surface area contributed by atoms with E-state index in [-0.39, 0.29) is 24.3 Å². The number of benzene rings is 2. The number of aromatic amines is 2. The average molecular weight is 781 g/mol. The van der Waals surface area contributed by atoms with Crippen LogP contribution in [0.3, 0.4) is 0 Å². The van der Waals surface area contributed by atoms with Crippen molar-refractivity contribution in [1.82, 2.24) is 40.4 Å². The molecule has 16 heteroatoms. The Bertz CT molecular complexity index is 2100. The number of ether oxygens (including phenoxy) is 3. The Balaban J connectivity index is 1.08. The summed E-state index contributed by atoms with van der Waals surface area (Å²) in [6, 6.07) is 13.2. The Morgan fingerprint density at radius 2 is 1.25 bits per heavy atom. The smallest absolute Gasteiger partial charge is 0.407 e. The zero-order chi connectivity index (χ0) is 40.6. The number of morpholine rings is 2. The molecule has 0 bridgehead atoms. The van der Waals surface area contributed by atoms with E-state index in [4.69, 9.17) is 19.4 Å². The molecule has 4 aromatic rings. The zero-order valence-electron chi connectivity index (χ0n) is 32.6. The van der Waals surface area contributed by atoms with Crippen LogP contribution in [0.15, 0.2) is 60.9 Å². The topological polar surface area (TPSA) is 204 Å². The number of alkyl carbamates (subject to hydrolysis) is 1. The maximum absolute atomic E-state index is 13.5. The summed E-state index contributed by atoms with van der Waals surface area (Å²) in [6.45, 7) is 9.18. The lowest BCUT2D eigenvalue weighted by Crippen LogP contribution is -2.54. The molecule has 0 saturated carbocycles. The quantitative estimate of drug-likeness (QED) is 0.144. The van der Waals surface area contributed by atoms with Crippen molar-refractivity contribution in [3.63, 3.8) is 0 Å². The van der Waals surface area contributed by atoms with E-state index in [0.29, 0.717) is 50.3 Å². The maximum Gasteiger partial charge on any atom is 0.407 e. The largest absolute Gasteiger partial charge is 0.465 e. The summed E-state index contributed by atoms with van der Waals surface area (Å²) in [5, 5.41) is 14.3. The van der Waals surface area contributed by atoms with E-state index in [9.17, 15) is 24.3 Å². The lowest BCUT2D eigenvalue weighted by Gasteiger charge is -2.37. The third-order valence-corrected chi connectivity index (χ3v) is 10.2. The highest BCUT2D eigenvalue weighted by molar-refractivity contribution is 5.86. The molecule has 5 N–H and O–H groups in total. The van der Waals surface area contributed by atoms with Gasteiger partial charge in [-0.2, -0.15) is 0 Å². The van der Waals surface area contributed by atoms with Crippen molar-refractivity contribution in [3.8, 4) is 34.4 Å². The monoisotopic (exact) mass is 780 g/mol. The number of carboxylic acid groups (broad SMARTS) is 1. The number of rotatable bonds is 10. The molecule has 2 aromatic carbocycles. The number of amides is 4. The van der Waals surface area contributed by atoms with Gasteiger partial charge in [-0.3, -0.25) is 9.59 Å². The van der Waals surface area contributed by atoms with Crippen molar-refractivity contribution >= 4 is 24.0 Å². The fourth-order valence-electron chi connectivity index (χ4n) is 6.76. The maximum atomic E-state index is 13.5. The molecule has 0 aliphatic carbocycles. The van der Waals surface area contributed by atoms with Gasteiger partial charge in [0.05, 0.1) is 50.8 Å². The summed E-state index contributed by atoms with van der Waals surface area (Å²) in [5.41, 5.74) is 4.80. The van der Waals surface area contributed by atoms with Gasteiger partial charge in [0.1, 0.15) is 29.8 Å². The van der Waals surface area contributed by atoms with Gasteiger partial charge in [0.2, 0.25) is 11.8 Å². The van der Waals surface area contributed by atoms with Crippen molar-refractivity contribution in [2.24, 2.45) is 11.8 Å². The van der Waals surface area contributed by atoms with E-state index in [1.165, 1.54) is 7.11 Å². The standard InChI is InChI=1S/C41H48N8O8/c1-24(2)35(47-40(52)53)39(51)49-17-19-57-23-34(49)37-43-21-32(46-37)30-14-10-28(11-15-30)7-6-27-8-12-29(13-9-27)31-20-42-36(45-31)33-22-56-18-16-48(33)38(50)25(3)26(4)44-41(54)55-5/h8-15,20-21,24-26,33-35,47H,16-19,22-23H2,1-5H3,(H,42,45)(H,43,46)(H,44,54)(H,52,53)/t25-,26-,33?,34+,35-/m0/s1. The summed E-state index contributed by atoms with van der Waals surface area (Å²) >= 11 is 0. The van der Waals surface area contributed by atoms with Gasteiger partial charge in [-0.25, -0.2) is 19.6 Å².